The van der Waals surface area contributed by atoms with Crippen molar-refractivity contribution in [3.63, 3.8) is 0 Å². The van der Waals surface area contributed by atoms with Gasteiger partial charge in [-0.15, -0.1) is 0 Å². The Morgan fingerprint density at radius 3 is 2.59 bits per heavy atom. The van der Waals surface area contributed by atoms with Crippen molar-refractivity contribution < 1.29 is 39.1 Å². The van der Waals surface area contributed by atoms with Crippen molar-refractivity contribution in [2.75, 3.05) is 20.3 Å². The van der Waals surface area contributed by atoms with E-state index in [2.05, 4.69) is 5.32 Å². The maximum absolute atomic E-state index is 11.4. The summed E-state index contributed by atoms with van der Waals surface area (Å²) in [5.41, 5.74) is 0.752. The molecule has 1 aromatic carbocycles. The molecule has 9 nitrogen and oxygen atoms in total. The van der Waals surface area contributed by atoms with E-state index < -0.39 is 43.2 Å². The Hall–Kier alpha value is -1.91. The Bertz CT molecular complexity index is 625. The molecule has 0 radical (unpaired) electrons. The molecule has 1 fully saturated rings. The van der Waals surface area contributed by atoms with Crippen LogP contribution in [-0.4, -0.2) is 72.2 Å². The number of amides is 1. The van der Waals surface area contributed by atoms with Crippen molar-refractivity contribution in [2.45, 2.75) is 51.1 Å². The molecule has 2 rings (SSSR count). The summed E-state index contributed by atoms with van der Waals surface area (Å²) < 4.78 is 22.0. The van der Waals surface area contributed by atoms with Gasteiger partial charge in [-0.1, -0.05) is 6.07 Å². The highest BCUT2D eigenvalue weighted by atomic mass is 16.7. The standard InChI is InChI=1S/C18H27NO8/c1-4-25-12-6-5-11(7-13(12)24-3)9-26-18-15(19-10(2)21)17(23)16(22)14(8-20)27-18/h5-7,14-18,20,22-23H,4,8-9H2,1-3H3,(H,19,21)/t14-,15-,16+,17-,18-/m1/s1. The van der Waals surface area contributed by atoms with E-state index >= 15 is 0 Å². The van der Waals surface area contributed by atoms with Crippen LogP contribution in [0.3, 0.4) is 0 Å². The molecular formula is C18H27NO8. The fourth-order valence-corrected chi connectivity index (χ4v) is 2.87. The second-order valence-corrected chi connectivity index (χ2v) is 6.16. The highest BCUT2D eigenvalue weighted by Crippen LogP contribution is 2.29. The second kappa shape index (κ2) is 9.86. The quantitative estimate of drug-likeness (QED) is 0.474. The molecule has 152 valence electrons. The molecule has 0 unspecified atom stereocenters. The van der Waals surface area contributed by atoms with Crippen LogP contribution in [0.4, 0.5) is 0 Å². The third-order valence-electron chi connectivity index (χ3n) is 4.19. The van der Waals surface area contributed by atoms with Crippen LogP contribution >= 0.6 is 0 Å². The van der Waals surface area contributed by atoms with Crippen LogP contribution in [0, 0.1) is 0 Å². The summed E-state index contributed by atoms with van der Waals surface area (Å²) in [5.74, 6) is 0.742. The summed E-state index contributed by atoms with van der Waals surface area (Å²) in [4.78, 5) is 11.4. The number of ether oxygens (including phenoxy) is 4. The molecule has 0 aliphatic carbocycles. The lowest BCUT2D eigenvalue weighted by Gasteiger charge is -2.42. The first-order valence-electron chi connectivity index (χ1n) is 8.72. The van der Waals surface area contributed by atoms with Crippen LogP contribution in [0.2, 0.25) is 0 Å². The van der Waals surface area contributed by atoms with Gasteiger partial charge < -0.3 is 39.6 Å². The van der Waals surface area contributed by atoms with E-state index in [4.69, 9.17) is 18.9 Å². The number of nitrogens with one attached hydrogen (secondary N) is 1. The van der Waals surface area contributed by atoms with Crippen molar-refractivity contribution in [2.24, 2.45) is 0 Å². The molecule has 1 heterocycles. The zero-order chi connectivity index (χ0) is 20.0. The molecule has 1 aliphatic heterocycles. The Morgan fingerprint density at radius 1 is 1.26 bits per heavy atom. The fourth-order valence-electron chi connectivity index (χ4n) is 2.87. The van der Waals surface area contributed by atoms with Crippen LogP contribution < -0.4 is 14.8 Å². The number of carbonyl (C=O) groups excluding carboxylic acids is 1. The van der Waals surface area contributed by atoms with Crippen molar-refractivity contribution in [3.8, 4) is 11.5 Å². The molecule has 0 spiro atoms. The second-order valence-electron chi connectivity index (χ2n) is 6.16. The van der Waals surface area contributed by atoms with E-state index in [0.717, 1.165) is 5.56 Å². The van der Waals surface area contributed by atoms with Crippen molar-refractivity contribution in [1.82, 2.24) is 5.32 Å². The van der Waals surface area contributed by atoms with Gasteiger partial charge in [0.05, 0.1) is 26.9 Å². The Balaban J connectivity index is 2.11. The Labute approximate surface area is 157 Å². The van der Waals surface area contributed by atoms with Crippen LogP contribution in [0.25, 0.3) is 0 Å². The van der Waals surface area contributed by atoms with Gasteiger partial charge in [0.15, 0.2) is 17.8 Å². The molecule has 27 heavy (non-hydrogen) atoms. The van der Waals surface area contributed by atoms with Gasteiger partial charge >= 0.3 is 0 Å². The normalized spacial score (nSPS) is 27.9. The van der Waals surface area contributed by atoms with Crippen LogP contribution in [-0.2, 0) is 20.9 Å². The number of hydrogen-bond acceptors (Lipinski definition) is 8. The smallest absolute Gasteiger partial charge is 0.217 e. The van der Waals surface area contributed by atoms with Gasteiger partial charge in [0, 0.05) is 6.92 Å². The van der Waals surface area contributed by atoms with Gasteiger partial charge in [-0.25, -0.2) is 0 Å². The lowest BCUT2D eigenvalue weighted by Crippen LogP contribution is -2.64. The number of carbonyl (C=O) groups is 1. The summed E-state index contributed by atoms with van der Waals surface area (Å²) >= 11 is 0. The molecule has 0 bridgehead atoms. The van der Waals surface area contributed by atoms with Gasteiger partial charge in [-0.05, 0) is 24.6 Å². The van der Waals surface area contributed by atoms with E-state index in [0.29, 0.717) is 18.1 Å². The summed E-state index contributed by atoms with van der Waals surface area (Å²) in [7, 11) is 1.53. The SMILES string of the molecule is CCOc1ccc(CO[C@@H]2O[C@H](CO)[C@H](O)[C@H](O)[C@H]2NC(C)=O)cc1OC. The molecule has 9 heteroatoms. The molecule has 0 saturated carbocycles. The molecule has 5 atom stereocenters. The Morgan fingerprint density at radius 2 is 2.00 bits per heavy atom. The minimum atomic E-state index is -1.35. The number of benzene rings is 1. The molecule has 1 aliphatic rings. The van der Waals surface area contributed by atoms with Gasteiger partial charge in [0.1, 0.15) is 24.4 Å². The van der Waals surface area contributed by atoms with E-state index in [1.165, 1.54) is 14.0 Å². The van der Waals surface area contributed by atoms with Crippen molar-refractivity contribution in [3.05, 3.63) is 23.8 Å². The van der Waals surface area contributed by atoms with Gasteiger partial charge in [-0.3, -0.25) is 4.79 Å². The lowest BCUT2D eigenvalue weighted by molar-refractivity contribution is -0.273. The van der Waals surface area contributed by atoms with E-state index in [9.17, 15) is 20.1 Å². The Kier molecular flexibility index (Phi) is 7.81. The maximum Gasteiger partial charge on any atom is 0.217 e. The summed E-state index contributed by atoms with van der Waals surface area (Å²) in [6.45, 7) is 3.25. The monoisotopic (exact) mass is 385 g/mol. The van der Waals surface area contributed by atoms with Gasteiger partial charge in [0.2, 0.25) is 5.91 Å². The van der Waals surface area contributed by atoms with Crippen LogP contribution in [0.5, 0.6) is 11.5 Å². The van der Waals surface area contributed by atoms with Gasteiger partial charge in [0.25, 0.3) is 0 Å². The number of aliphatic hydroxyl groups is 3. The highest BCUT2D eigenvalue weighted by molar-refractivity contribution is 5.73. The largest absolute Gasteiger partial charge is 0.493 e. The van der Waals surface area contributed by atoms with Crippen LogP contribution in [0.15, 0.2) is 18.2 Å². The minimum Gasteiger partial charge on any atom is -0.493 e. The third-order valence-corrected chi connectivity index (χ3v) is 4.19. The predicted octanol–water partition coefficient (Wildman–Crippen LogP) is -0.446. The molecule has 1 amide bonds. The molecule has 0 aromatic heterocycles. The maximum atomic E-state index is 11.4. The molecule has 1 aromatic rings. The topological polar surface area (TPSA) is 127 Å². The third kappa shape index (κ3) is 5.30. The molecule has 1 saturated heterocycles. The summed E-state index contributed by atoms with van der Waals surface area (Å²) in [6, 6.07) is 4.31. The summed E-state index contributed by atoms with van der Waals surface area (Å²) in [5, 5.41) is 32.1. The van der Waals surface area contributed by atoms with Gasteiger partial charge in [-0.2, -0.15) is 0 Å². The highest BCUT2D eigenvalue weighted by Gasteiger charge is 2.45. The van der Waals surface area contributed by atoms with E-state index in [-0.39, 0.29) is 6.61 Å². The average molecular weight is 385 g/mol. The zero-order valence-corrected chi connectivity index (χ0v) is 15.6. The van der Waals surface area contributed by atoms with Crippen molar-refractivity contribution in [1.29, 1.82) is 0 Å². The predicted molar refractivity (Wildman–Crippen MR) is 94.3 cm³/mol. The first kappa shape index (κ1) is 21.4. The molecular weight excluding hydrogens is 358 g/mol. The number of rotatable bonds is 8. The zero-order valence-electron chi connectivity index (χ0n) is 15.6. The van der Waals surface area contributed by atoms with Crippen molar-refractivity contribution >= 4 is 5.91 Å². The first-order valence-corrected chi connectivity index (χ1v) is 8.72. The minimum absolute atomic E-state index is 0.0878. The van der Waals surface area contributed by atoms with Crippen LogP contribution in [0.1, 0.15) is 19.4 Å². The number of methoxy groups -OCH3 is 1. The van der Waals surface area contributed by atoms with E-state index in [1.807, 2.05) is 6.92 Å². The molecule has 4 N–H and O–H groups in total. The lowest BCUT2D eigenvalue weighted by atomic mass is 9.97. The fraction of sp³-hybridized carbons (Fsp3) is 0.611. The first-order chi connectivity index (χ1) is 12.9. The average Bonchev–Trinajstić information content (AvgIpc) is 2.65. The van der Waals surface area contributed by atoms with E-state index in [1.54, 1.807) is 18.2 Å². The summed E-state index contributed by atoms with van der Waals surface area (Å²) in [6.07, 6.45) is -4.77. The number of hydrogen-bond donors (Lipinski definition) is 4. The number of aliphatic hydroxyl groups excluding tert-OH is 3.